The maximum Gasteiger partial charge on any atom is 0.330 e. The summed E-state index contributed by atoms with van der Waals surface area (Å²) >= 11 is 11.2. The number of hydrogen-bond donors (Lipinski definition) is 4. The van der Waals surface area contributed by atoms with Crippen molar-refractivity contribution in [1.82, 2.24) is 14.9 Å². The van der Waals surface area contributed by atoms with E-state index < -0.39 is 23.6 Å². The molecule has 150 valence electrons. The van der Waals surface area contributed by atoms with Gasteiger partial charge >= 0.3 is 5.69 Å². The molecule has 3 atom stereocenters. The number of benzene rings is 1. The van der Waals surface area contributed by atoms with Gasteiger partial charge in [-0.05, 0) is 49.8 Å². The SMILES string of the molecule is Cc1cn([C@H]2C[C@H](CNC(=S)Nc3ccc(Cl)cc3)[C@@H](CO)O2)c(=O)[nH]c1=O. The van der Waals surface area contributed by atoms with Crippen LogP contribution in [0.5, 0.6) is 0 Å². The first-order valence-electron chi connectivity index (χ1n) is 8.76. The number of thiocarbonyl (C=S) groups is 1. The van der Waals surface area contributed by atoms with E-state index >= 15 is 0 Å². The van der Waals surface area contributed by atoms with Gasteiger partial charge in [0.05, 0.1) is 12.7 Å². The number of aliphatic hydroxyl groups excluding tert-OH is 1. The summed E-state index contributed by atoms with van der Waals surface area (Å²) in [4.78, 5) is 25.9. The molecular weight excluding hydrogens is 404 g/mol. The molecule has 0 spiro atoms. The highest BCUT2D eigenvalue weighted by Gasteiger charge is 2.36. The zero-order valence-electron chi connectivity index (χ0n) is 15.1. The van der Waals surface area contributed by atoms with Crippen LogP contribution >= 0.6 is 23.8 Å². The van der Waals surface area contributed by atoms with E-state index in [0.717, 1.165) is 5.69 Å². The molecule has 10 heteroatoms. The molecule has 0 aliphatic carbocycles. The van der Waals surface area contributed by atoms with Gasteiger partial charge in [0.2, 0.25) is 0 Å². The highest BCUT2D eigenvalue weighted by molar-refractivity contribution is 7.80. The number of rotatable bonds is 5. The fourth-order valence-electron chi connectivity index (χ4n) is 3.10. The summed E-state index contributed by atoms with van der Waals surface area (Å²) in [5, 5.41) is 16.9. The molecule has 1 aliphatic rings. The van der Waals surface area contributed by atoms with Gasteiger partial charge in [-0.1, -0.05) is 11.6 Å². The van der Waals surface area contributed by atoms with E-state index in [1.54, 1.807) is 19.1 Å². The minimum atomic E-state index is -0.565. The van der Waals surface area contributed by atoms with Crippen LogP contribution in [-0.2, 0) is 4.74 Å². The lowest BCUT2D eigenvalue weighted by molar-refractivity contribution is -0.0322. The third-order valence-electron chi connectivity index (χ3n) is 4.63. The van der Waals surface area contributed by atoms with Crippen LogP contribution in [0.4, 0.5) is 5.69 Å². The van der Waals surface area contributed by atoms with Gasteiger partial charge in [0.1, 0.15) is 6.23 Å². The normalized spacial score (nSPS) is 21.5. The molecule has 0 radical (unpaired) electrons. The largest absolute Gasteiger partial charge is 0.394 e. The summed E-state index contributed by atoms with van der Waals surface area (Å²) < 4.78 is 7.17. The maximum absolute atomic E-state index is 12.1. The number of aromatic amines is 1. The molecule has 0 bridgehead atoms. The van der Waals surface area contributed by atoms with E-state index in [0.29, 0.717) is 28.7 Å². The van der Waals surface area contributed by atoms with Crippen LogP contribution < -0.4 is 21.9 Å². The average molecular weight is 425 g/mol. The topological polar surface area (TPSA) is 108 Å². The van der Waals surface area contributed by atoms with E-state index in [9.17, 15) is 14.7 Å². The summed E-state index contributed by atoms with van der Waals surface area (Å²) in [6, 6.07) is 7.14. The Labute approximate surface area is 171 Å². The molecule has 2 heterocycles. The lowest BCUT2D eigenvalue weighted by Gasteiger charge is -2.18. The zero-order valence-corrected chi connectivity index (χ0v) is 16.7. The van der Waals surface area contributed by atoms with Gasteiger partial charge in [0.15, 0.2) is 5.11 Å². The molecule has 28 heavy (non-hydrogen) atoms. The number of hydrogen-bond acceptors (Lipinski definition) is 5. The zero-order chi connectivity index (χ0) is 20.3. The molecule has 8 nitrogen and oxygen atoms in total. The Kier molecular flexibility index (Phi) is 6.50. The second kappa shape index (κ2) is 8.87. The molecule has 0 unspecified atom stereocenters. The van der Waals surface area contributed by atoms with Crippen LogP contribution in [0, 0.1) is 12.8 Å². The lowest BCUT2D eigenvalue weighted by Crippen LogP contribution is -2.36. The Morgan fingerprint density at radius 2 is 2.11 bits per heavy atom. The van der Waals surface area contributed by atoms with E-state index in [1.165, 1.54) is 10.8 Å². The molecule has 1 saturated heterocycles. The first-order valence-corrected chi connectivity index (χ1v) is 9.55. The number of anilines is 1. The number of aromatic nitrogens is 2. The predicted octanol–water partition coefficient (Wildman–Crippen LogP) is 1.38. The van der Waals surface area contributed by atoms with Gasteiger partial charge in [0.25, 0.3) is 5.56 Å². The maximum atomic E-state index is 12.1. The Balaban J connectivity index is 1.62. The third-order valence-corrected chi connectivity index (χ3v) is 5.12. The van der Waals surface area contributed by atoms with Crippen molar-refractivity contribution in [3.05, 3.63) is 61.9 Å². The number of aliphatic hydroxyl groups is 1. The van der Waals surface area contributed by atoms with Gasteiger partial charge < -0.3 is 20.5 Å². The Hall–Kier alpha value is -2.20. The van der Waals surface area contributed by atoms with E-state index in [4.69, 9.17) is 28.6 Å². The van der Waals surface area contributed by atoms with Gasteiger partial charge in [-0.25, -0.2) is 4.79 Å². The van der Waals surface area contributed by atoms with Crippen molar-refractivity contribution in [2.45, 2.75) is 25.7 Å². The predicted molar refractivity (Wildman–Crippen MR) is 111 cm³/mol. The molecule has 4 N–H and O–H groups in total. The van der Waals surface area contributed by atoms with Crippen LogP contribution in [0.25, 0.3) is 0 Å². The molecule has 0 saturated carbocycles. The van der Waals surface area contributed by atoms with Gasteiger partial charge in [0, 0.05) is 34.9 Å². The molecule has 0 amide bonds. The van der Waals surface area contributed by atoms with Crippen molar-refractivity contribution in [3.8, 4) is 0 Å². The summed E-state index contributed by atoms with van der Waals surface area (Å²) in [6.07, 6.45) is 0.954. The van der Waals surface area contributed by atoms with Gasteiger partial charge in [-0.2, -0.15) is 0 Å². The Bertz CT molecular complexity index is 959. The second-order valence-electron chi connectivity index (χ2n) is 6.63. The summed E-state index contributed by atoms with van der Waals surface area (Å²) in [7, 11) is 0. The van der Waals surface area contributed by atoms with E-state index in [2.05, 4.69) is 15.6 Å². The smallest absolute Gasteiger partial charge is 0.330 e. The van der Waals surface area contributed by atoms with Gasteiger partial charge in [-0.15, -0.1) is 0 Å². The van der Waals surface area contributed by atoms with Crippen LogP contribution in [0.3, 0.4) is 0 Å². The van der Waals surface area contributed by atoms with E-state index in [-0.39, 0.29) is 12.5 Å². The number of aryl methyl sites for hydroxylation is 1. The number of H-pyrrole nitrogens is 1. The van der Waals surface area contributed by atoms with Crippen molar-refractivity contribution < 1.29 is 9.84 Å². The number of nitrogens with one attached hydrogen (secondary N) is 3. The highest BCUT2D eigenvalue weighted by Crippen LogP contribution is 2.32. The Morgan fingerprint density at radius 1 is 1.39 bits per heavy atom. The van der Waals surface area contributed by atoms with Crippen LogP contribution in [0.1, 0.15) is 18.2 Å². The monoisotopic (exact) mass is 424 g/mol. The fourth-order valence-corrected chi connectivity index (χ4v) is 3.42. The number of ether oxygens (including phenoxy) is 1. The molecule has 1 fully saturated rings. The fraction of sp³-hybridized carbons (Fsp3) is 0.389. The summed E-state index contributed by atoms with van der Waals surface area (Å²) in [6.45, 7) is 1.89. The lowest BCUT2D eigenvalue weighted by atomic mass is 10.0. The Morgan fingerprint density at radius 3 is 2.79 bits per heavy atom. The van der Waals surface area contributed by atoms with Crippen molar-refractivity contribution in [3.63, 3.8) is 0 Å². The van der Waals surface area contributed by atoms with Crippen molar-refractivity contribution in [2.24, 2.45) is 5.92 Å². The standard InChI is InChI=1S/C18H21ClN4O4S/c1-10-8-23(18(26)22-16(10)25)15-6-11(14(9-24)27-15)7-20-17(28)21-13-4-2-12(19)3-5-13/h2-5,8,11,14-15,24H,6-7,9H2,1H3,(H2,20,21,28)(H,22,25,26)/t11-,14-,15-/m1/s1. The van der Waals surface area contributed by atoms with Crippen LogP contribution in [-0.4, -0.2) is 39.0 Å². The van der Waals surface area contributed by atoms with E-state index in [1.807, 2.05) is 12.1 Å². The van der Waals surface area contributed by atoms with Crippen molar-refractivity contribution in [1.29, 1.82) is 0 Å². The molecule has 1 aliphatic heterocycles. The quantitative estimate of drug-likeness (QED) is 0.537. The first-order chi connectivity index (χ1) is 13.4. The van der Waals surface area contributed by atoms with Crippen molar-refractivity contribution >= 4 is 34.6 Å². The molecular formula is C18H21ClN4O4S. The van der Waals surface area contributed by atoms with Gasteiger partial charge in [-0.3, -0.25) is 14.3 Å². The van der Waals surface area contributed by atoms with Crippen molar-refractivity contribution in [2.75, 3.05) is 18.5 Å². The second-order valence-corrected chi connectivity index (χ2v) is 7.47. The average Bonchev–Trinajstić information content (AvgIpc) is 3.08. The number of halogens is 1. The molecule has 3 rings (SSSR count). The summed E-state index contributed by atoms with van der Waals surface area (Å²) in [5.41, 5.74) is 0.260. The summed E-state index contributed by atoms with van der Waals surface area (Å²) in [5.74, 6) is -0.0703. The third kappa shape index (κ3) is 4.79. The highest BCUT2D eigenvalue weighted by atomic mass is 35.5. The van der Waals surface area contributed by atoms with Crippen LogP contribution in [0.15, 0.2) is 40.1 Å². The minimum absolute atomic E-state index is 0.0703. The molecule has 1 aromatic carbocycles. The van der Waals surface area contributed by atoms with Crippen LogP contribution in [0.2, 0.25) is 5.02 Å². The minimum Gasteiger partial charge on any atom is -0.394 e. The molecule has 2 aromatic rings. The number of nitrogens with zero attached hydrogens (tertiary/aromatic N) is 1. The molecule has 1 aromatic heterocycles. The first kappa shape index (κ1) is 20.5.